The summed E-state index contributed by atoms with van der Waals surface area (Å²) in [5.41, 5.74) is 6.67. The van der Waals surface area contributed by atoms with Crippen molar-refractivity contribution in [2.24, 2.45) is 5.73 Å². The molecule has 0 aliphatic carbocycles. The Balaban J connectivity index is 2.34. The average Bonchev–Trinajstić information content (AvgIpc) is 2.74. The number of hydrogen-bond acceptors (Lipinski definition) is 3. The van der Waals surface area contributed by atoms with E-state index in [1.165, 1.54) is 17.4 Å². The summed E-state index contributed by atoms with van der Waals surface area (Å²) in [6, 6.07) is 4.51. The highest BCUT2D eigenvalue weighted by Gasteiger charge is 2.12. The Morgan fingerprint density at radius 2 is 2.27 bits per heavy atom. The van der Waals surface area contributed by atoms with Gasteiger partial charge in [0, 0.05) is 11.6 Å². The second kappa shape index (κ2) is 4.38. The summed E-state index contributed by atoms with van der Waals surface area (Å²) in [6.07, 6.45) is 1.69. The molecule has 0 amide bonds. The van der Waals surface area contributed by atoms with E-state index in [0.29, 0.717) is 4.47 Å². The first-order valence-corrected chi connectivity index (χ1v) is 5.95. The van der Waals surface area contributed by atoms with Crippen LogP contribution < -0.4 is 5.73 Å². The van der Waals surface area contributed by atoms with E-state index in [4.69, 9.17) is 5.73 Å². The van der Waals surface area contributed by atoms with Crippen LogP contribution in [-0.4, -0.2) is 4.98 Å². The minimum Gasteiger partial charge on any atom is -0.318 e. The number of thiazole rings is 1. The number of nitrogens with zero attached hydrogens (tertiary/aromatic N) is 1. The van der Waals surface area contributed by atoms with E-state index in [1.54, 1.807) is 18.3 Å². The van der Waals surface area contributed by atoms with Gasteiger partial charge in [-0.3, -0.25) is 0 Å². The van der Waals surface area contributed by atoms with Crippen LogP contribution in [0.1, 0.15) is 16.6 Å². The van der Waals surface area contributed by atoms with Gasteiger partial charge in [-0.2, -0.15) is 0 Å². The van der Waals surface area contributed by atoms with E-state index in [9.17, 15) is 4.39 Å². The second-order valence-corrected chi connectivity index (χ2v) is 4.80. The number of hydrogen-bond donors (Lipinski definition) is 1. The molecule has 2 rings (SSSR count). The molecule has 0 aliphatic heterocycles. The number of benzene rings is 1. The normalized spacial score (nSPS) is 12.7. The van der Waals surface area contributed by atoms with Crippen molar-refractivity contribution in [2.75, 3.05) is 0 Å². The fourth-order valence-electron chi connectivity index (χ4n) is 1.24. The van der Waals surface area contributed by atoms with E-state index >= 15 is 0 Å². The molecule has 0 bridgehead atoms. The highest BCUT2D eigenvalue weighted by Crippen LogP contribution is 2.24. The molecule has 0 radical (unpaired) electrons. The lowest BCUT2D eigenvalue weighted by Crippen LogP contribution is -2.11. The van der Waals surface area contributed by atoms with Gasteiger partial charge in [0.1, 0.15) is 10.8 Å². The first-order chi connectivity index (χ1) is 7.18. The van der Waals surface area contributed by atoms with Crippen LogP contribution in [-0.2, 0) is 0 Å². The topological polar surface area (TPSA) is 38.9 Å². The van der Waals surface area contributed by atoms with Gasteiger partial charge >= 0.3 is 0 Å². The van der Waals surface area contributed by atoms with Crippen molar-refractivity contribution in [3.05, 3.63) is 50.6 Å². The Bertz CT molecular complexity index is 458. The lowest BCUT2D eigenvalue weighted by molar-refractivity contribution is 0.617. The summed E-state index contributed by atoms with van der Waals surface area (Å²) in [5, 5.41) is 2.64. The van der Waals surface area contributed by atoms with Gasteiger partial charge in [0.15, 0.2) is 0 Å². The van der Waals surface area contributed by atoms with Crippen LogP contribution in [0.2, 0.25) is 0 Å². The standard InChI is InChI=1S/C10H8BrFN2S/c11-7-2-1-6(5-8(7)12)9(13)10-14-3-4-15-10/h1-5,9H,13H2. The zero-order chi connectivity index (χ0) is 10.8. The number of nitrogens with two attached hydrogens (primary N) is 1. The molecule has 0 aliphatic rings. The highest BCUT2D eigenvalue weighted by atomic mass is 79.9. The SMILES string of the molecule is NC(c1ccc(Br)c(F)c1)c1nccs1. The molecule has 2 aromatic rings. The number of rotatable bonds is 2. The average molecular weight is 287 g/mol. The smallest absolute Gasteiger partial charge is 0.137 e. The summed E-state index contributed by atoms with van der Waals surface area (Å²) >= 11 is 4.56. The fraction of sp³-hybridized carbons (Fsp3) is 0.100. The van der Waals surface area contributed by atoms with Crippen LogP contribution in [0.3, 0.4) is 0 Å². The van der Waals surface area contributed by atoms with E-state index in [-0.39, 0.29) is 11.9 Å². The molecule has 2 nitrogen and oxygen atoms in total. The van der Waals surface area contributed by atoms with Gasteiger partial charge < -0.3 is 5.73 Å². The third kappa shape index (κ3) is 2.25. The first kappa shape index (κ1) is 10.7. The minimum atomic E-state index is -0.354. The molecular weight excluding hydrogens is 279 g/mol. The maximum atomic E-state index is 13.3. The Kier molecular flexibility index (Phi) is 3.14. The zero-order valence-corrected chi connectivity index (χ0v) is 10.1. The second-order valence-electron chi connectivity index (χ2n) is 3.02. The molecule has 1 unspecified atom stereocenters. The molecule has 0 spiro atoms. The van der Waals surface area contributed by atoms with Crippen LogP contribution in [0.5, 0.6) is 0 Å². The molecule has 1 atom stereocenters. The van der Waals surface area contributed by atoms with Gasteiger partial charge in [-0.15, -0.1) is 11.3 Å². The van der Waals surface area contributed by atoms with Gasteiger partial charge in [-0.05, 0) is 33.6 Å². The molecule has 5 heteroatoms. The van der Waals surface area contributed by atoms with Crippen molar-refractivity contribution in [2.45, 2.75) is 6.04 Å². The molecule has 1 heterocycles. The largest absolute Gasteiger partial charge is 0.318 e. The van der Waals surface area contributed by atoms with E-state index in [0.717, 1.165) is 10.6 Å². The lowest BCUT2D eigenvalue weighted by Gasteiger charge is -2.09. The van der Waals surface area contributed by atoms with Gasteiger partial charge in [-0.1, -0.05) is 6.07 Å². The Morgan fingerprint density at radius 3 is 2.87 bits per heavy atom. The molecule has 1 aromatic heterocycles. The van der Waals surface area contributed by atoms with Crippen LogP contribution >= 0.6 is 27.3 Å². The van der Waals surface area contributed by atoms with E-state index in [2.05, 4.69) is 20.9 Å². The van der Waals surface area contributed by atoms with E-state index in [1.807, 2.05) is 5.38 Å². The molecule has 1 aromatic carbocycles. The summed E-state index contributed by atoms with van der Waals surface area (Å²) in [6.45, 7) is 0. The van der Waals surface area contributed by atoms with Crippen molar-refractivity contribution in [3.63, 3.8) is 0 Å². The summed E-state index contributed by atoms with van der Waals surface area (Å²) in [7, 11) is 0. The van der Waals surface area contributed by atoms with Crippen LogP contribution in [0.15, 0.2) is 34.2 Å². The van der Waals surface area contributed by atoms with Gasteiger partial charge in [0.2, 0.25) is 0 Å². The summed E-state index contributed by atoms with van der Waals surface area (Å²) < 4.78 is 13.7. The minimum absolute atomic E-state index is 0.306. The lowest BCUT2D eigenvalue weighted by atomic mass is 10.1. The Morgan fingerprint density at radius 1 is 1.47 bits per heavy atom. The van der Waals surface area contributed by atoms with Gasteiger partial charge in [0.05, 0.1) is 10.5 Å². The molecular formula is C10H8BrFN2S. The molecule has 15 heavy (non-hydrogen) atoms. The quantitative estimate of drug-likeness (QED) is 0.921. The predicted octanol–water partition coefficient (Wildman–Crippen LogP) is 3.09. The Hall–Kier alpha value is -0.780. The molecule has 2 N–H and O–H groups in total. The molecule has 0 saturated heterocycles. The number of aromatic nitrogens is 1. The molecule has 78 valence electrons. The van der Waals surface area contributed by atoms with Crippen molar-refractivity contribution >= 4 is 27.3 Å². The van der Waals surface area contributed by atoms with Crippen molar-refractivity contribution in [3.8, 4) is 0 Å². The Labute approximate surface area is 99.1 Å². The van der Waals surface area contributed by atoms with Crippen molar-refractivity contribution in [1.82, 2.24) is 4.98 Å². The van der Waals surface area contributed by atoms with Gasteiger partial charge in [-0.25, -0.2) is 9.37 Å². The molecule has 0 fully saturated rings. The zero-order valence-electron chi connectivity index (χ0n) is 7.65. The van der Waals surface area contributed by atoms with Gasteiger partial charge in [0.25, 0.3) is 0 Å². The van der Waals surface area contributed by atoms with Crippen LogP contribution in [0, 0.1) is 5.82 Å². The molecule has 0 saturated carbocycles. The van der Waals surface area contributed by atoms with Crippen molar-refractivity contribution in [1.29, 1.82) is 0 Å². The summed E-state index contributed by atoms with van der Waals surface area (Å²) in [4.78, 5) is 4.10. The third-order valence-electron chi connectivity index (χ3n) is 2.02. The monoisotopic (exact) mass is 286 g/mol. The number of halogens is 2. The van der Waals surface area contributed by atoms with E-state index < -0.39 is 0 Å². The van der Waals surface area contributed by atoms with Crippen molar-refractivity contribution < 1.29 is 4.39 Å². The van der Waals surface area contributed by atoms with Crippen LogP contribution in [0.25, 0.3) is 0 Å². The first-order valence-electron chi connectivity index (χ1n) is 4.28. The maximum Gasteiger partial charge on any atom is 0.137 e. The fourth-order valence-corrected chi connectivity index (χ4v) is 2.15. The summed E-state index contributed by atoms with van der Waals surface area (Å²) in [5.74, 6) is -0.306. The maximum absolute atomic E-state index is 13.3. The third-order valence-corrected chi connectivity index (χ3v) is 3.52. The van der Waals surface area contributed by atoms with Crippen LogP contribution in [0.4, 0.5) is 4.39 Å². The highest BCUT2D eigenvalue weighted by molar-refractivity contribution is 9.10. The predicted molar refractivity (Wildman–Crippen MR) is 62.2 cm³/mol.